The molecule has 2 aromatic rings. The van der Waals surface area contributed by atoms with Gasteiger partial charge in [-0.1, -0.05) is 24.3 Å². The molecule has 280 valence electrons. The minimum Gasteiger partial charge on any atom is -0.346 e. The zero-order valence-electron chi connectivity index (χ0n) is 25.3. The highest BCUT2D eigenvalue weighted by molar-refractivity contribution is 7.40. The van der Waals surface area contributed by atoms with Crippen LogP contribution in [-0.2, 0) is 27.1 Å². The molecular formula is C21H38N4O18P6. The van der Waals surface area contributed by atoms with Crippen molar-refractivity contribution in [2.24, 2.45) is 0 Å². The lowest BCUT2D eigenvalue weighted by atomic mass is 10.2. The Bertz CT molecular complexity index is 1070. The Morgan fingerprint density at radius 3 is 0.776 bits per heavy atom. The molecular weight excluding hydrogens is 782 g/mol. The second-order valence-corrected chi connectivity index (χ2v) is 13.6. The van der Waals surface area contributed by atoms with Gasteiger partial charge in [0.2, 0.25) is 0 Å². The molecule has 49 heavy (non-hydrogen) atoms. The van der Waals surface area contributed by atoms with Crippen LogP contribution in [0.5, 0.6) is 0 Å². The third-order valence-electron chi connectivity index (χ3n) is 5.96. The Morgan fingerprint density at radius 2 is 0.551 bits per heavy atom. The monoisotopic (exact) mass is 820 g/mol. The summed E-state index contributed by atoms with van der Waals surface area (Å²) in [5.41, 5.74) is 1.43. The number of anilines is 4. The van der Waals surface area contributed by atoms with Crippen molar-refractivity contribution in [1.29, 1.82) is 0 Å². The summed E-state index contributed by atoms with van der Waals surface area (Å²) < 4.78 is 29.9. The van der Waals surface area contributed by atoms with Crippen LogP contribution < -0.4 is 19.6 Å². The Labute approximate surface area is 288 Å². The van der Waals surface area contributed by atoms with Crippen LogP contribution in [0.3, 0.4) is 0 Å². The first kappa shape index (κ1) is 44.7. The van der Waals surface area contributed by atoms with E-state index >= 15 is 0 Å². The molecule has 0 heterocycles. The summed E-state index contributed by atoms with van der Waals surface area (Å²) >= 11 is 0. The largest absolute Gasteiger partial charge is 0.346 e. The molecule has 0 unspecified atom stereocenters. The molecule has 22 nitrogen and oxygen atoms in total. The highest BCUT2D eigenvalue weighted by Gasteiger charge is 2.23. The topological polar surface area (TPSA) is 311 Å². The van der Waals surface area contributed by atoms with Gasteiger partial charge in [0.1, 0.15) is 40.4 Å². The predicted octanol–water partition coefficient (Wildman–Crippen LogP) is 1.12. The smallest absolute Gasteiger partial charge is 0.328 e. The number of para-hydroxylation sites is 4. The van der Waals surface area contributed by atoms with Crippen molar-refractivity contribution in [3.8, 4) is 0 Å². The van der Waals surface area contributed by atoms with Gasteiger partial charge in [-0.25, -0.2) is 0 Å². The third-order valence-corrected chi connectivity index (χ3v) is 8.03. The molecule has 0 fully saturated rings. The van der Waals surface area contributed by atoms with Gasteiger partial charge in [-0.2, -0.15) is 0 Å². The molecule has 0 aliphatic heterocycles. The summed E-state index contributed by atoms with van der Waals surface area (Å²) in [6.45, 7) is -2.32. The molecule has 2 aromatic carbocycles. The predicted molar refractivity (Wildman–Crippen MR) is 181 cm³/mol. The molecule has 0 aromatic heterocycles. The molecule has 0 saturated heterocycles. The van der Waals surface area contributed by atoms with Gasteiger partial charge in [0.15, 0.2) is 0 Å². The molecule has 12 N–H and O–H groups in total. The van der Waals surface area contributed by atoms with Gasteiger partial charge >= 0.3 is 51.6 Å². The fraction of sp³-hybridized carbons (Fsp3) is 0.429. The SMILES string of the molecule is OP(O)OCN(CCCN(COP(O)O)c1ccccc1N(COP(O)O)COP(O)O)c1ccccc1N(COP(O)O)COP(O)O. The van der Waals surface area contributed by atoms with Gasteiger partial charge < -0.3 is 78.3 Å². The molecule has 0 atom stereocenters. The molecule has 2 rings (SSSR count). The molecule has 0 aliphatic rings. The summed E-state index contributed by atoms with van der Waals surface area (Å²) in [6, 6.07) is 13.0. The molecule has 28 heteroatoms. The second-order valence-electron chi connectivity index (χ2n) is 9.00. The number of hydrogen-bond donors (Lipinski definition) is 12. The van der Waals surface area contributed by atoms with Gasteiger partial charge in [-0.3, -0.25) is 27.1 Å². The van der Waals surface area contributed by atoms with Crippen LogP contribution in [0.15, 0.2) is 48.5 Å². The van der Waals surface area contributed by atoms with E-state index in [-0.39, 0.29) is 33.0 Å². The number of hydrogen-bond acceptors (Lipinski definition) is 22. The van der Waals surface area contributed by atoms with Gasteiger partial charge in [0.25, 0.3) is 0 Å². The highest BCUT2D eigenvalue weighted by Crippen LogP contribution is 2.37. The van der Waals surface area contributed by atoms with Crippen molar-refractivity contribution < 1.29 is 85.9 Å². The lowest BCUT2D eigenvalue weighted by molar-refractivity contribution is 0.205. The first-order chi connectivity index (χ1) is 23.3. The molecule has 0 aliphatic carbocycles. The van der Waals surface area contributed by atoms with Crippen molar-refractivity contribution in [3.05, 3.63) is 48.5 Å². The van der Waals surface area contributed by atoms with E-state index in [0.717, 1.165) is 0 Å². The normalized spacial score (nSPS) is 12.0. The van der Waals surface area contributed by atoms with Crippen molar-refractivity contribution in [1.82, 2.24) is 0 Å². The molecule has 0 saturated carbocycles. The van der Waals surface area contributed by atoms with Crippen LogP contribution in [0.4, 0.5) is 22.7 Å². The van der Waals surface area contributed by atoms with E-state index in [1.54, 1.807) is 58.3 Å². The van der Waals surface area contributed by atoms with E-state index in [2.05, 4.69) is 0 Å². The minimum atomic E-state index is -2.80. The quantitative estimate of drug-likeness (QED) is 0.0467. The summed E-state index contributed by atoms with van der Waals surface area (Å²) in [5, 5.41) is 0. The van der Waals surface area contributed by atoms with Gasteiger partial charge in [0.05, 0.1) is 22.7 Å². The zero-order chi connectivity index (χ0) is 36.3. The van der Waals surface area contributed by atoms with Crippen molar-refractivity contribution in [2.45, 2.75) is 6.42 Å². The Hall–Kier alpha value is -0.500. The first-order valence-corrected chi connectivity index (χ1v) is 20.3. The molecule has 0 radical (unpaired) electrons. The van der Waals surface area contributed by atoms with Crippen LogP contribution in [0.2, 0.25) is 0 Å². The summed E-state index contributed by atoms with van der Waals surface area (Å²) in [6.07, 6.45) is 0.243. The maximum absolute atomic E-state index is 9.50. The van der Waals surface area contributed by atoms with E-state index in [0.29, 0.717) is 22.7 Å². The molecule has 0 bridgehead atoms. The van der Waals surface area contributed by atoms with E-state index < -0.39 is 78.5 Å². The average Bonchev–Trinajstić information content (AvgIpc) is 3.03. The van der Waals surface area contributed by atoms with Crippen molar-refractivity contribution in [2.75, 3.05) is 73.1 Å². The van der Waals surface area contributed by atoms with Crippen LogP contribution in [0, 0.1) is 0 Å². The van der Waals surface area contributed by atoms with E-state index in [4.69, 9.17) is 27.1 Å². The van der Waals surface area contributed by atoms with Crippen LogP contribution in [-0.4, -0.2) is 112 Å². The van der Waals surface area contributed by atoms with Crippen molar-refractivity contribution in [3.63, 3.8) is 0 Å². The standard InChI is InChI=1S/C21H38N4O18P6/c26-44(27)38-12-22(18-6-1-3-8-20(18)24(14-40-46(30)31)15-41-47(32)33)10-5-11-23(13-39-45(28)29)19-7-2-4-9-21(19)25(16-42-48(34)35)17-43-49(36)37/h1-4,6-9,26-37H,5,10-17H2. The fourth-order valence-corrected chi connectivity index (χ4v) is 5.50. The molecule has 0 amide bonds. The van der Waals surface area contributed by atoms with Crippen LogP contribution in [0.1, 0.15) is 6.42 Å². The number of rotatable bonds is 26. The number of nitrogens with zero attached hydrogens (tertiary/aromatic N) is 4. The number of benzene rings is 2. The maximum Gasteiger partial charge on any atom is 0.328 e. The average molecular weight is 820 g/mol. The van der Waals surface area contributed by atoms with Gasteiger partial charge in [-0.15, -0.1) is 0 Å². The molecule has 0 spiro atoms. The van der Waals surface area contributed by atoms with Gasteiger partial charge in [-0.05, 0) is 30.7 Å². The lowest BCUT2D eigenvalue weighted by Crippen LogP contribution is -2.35. The Kier molecular flexibility index (Phi) is 22.5. The second kappa shape index (κ2) is 24.7. The summed E-state index contributed by atoms with van der Waals surface area (Å²) in [7, 11) is -16.8. The van der Waals surface area contributed by atoms with Gasteiger partial charge in [0, 0.05) is 13.1 Å². The lowest BCUT2D eigenvalue weighted by Gasteiger charge is -2.34. The van der Waals surface area contributed by atoms with E-state index in [1.807, 2.05) is 0 Å². The minimum absolute atomic E-state index is 0.120. The fourth-order valence-electron chi connectivity index (χ4n) is 4.04. The van der Waals surface area contributed by atoms with E-state index in [1.165, 1.54) is 9.80 Å². The Balaban J connectivity index is 2.41. The zero-order valence-corrected chi connectivity index (χ0v) is 30.6. The van der Waals surface area contributed by atoms with Crippen LogP contribution in [0.25, 0.3) is 0 Å². The summed E-state index contributed by atoms with van der Waals surface area (Å²) in [5.74, 6) is 0. The van der Waals surface area contributed by atoms with Crippen molar-refractivity contribution >= 4 is 74.4 Å². The Morgan fingerprint density at radius 1 is 0.347 bits per heavy atom. The van der Waals surface area contributed by atoms with E-state index in [9.17, 15) is 58.7 Å². The third kappa shape index (κ3) is 18.2. The maximum atomic E-state index is 9.50. The first-order valence-electron chi connectivity index (χ1n) is 13.3. The van der Waals surface area contributed by atoms with Crippen LogP contribution >= 0.6 is 51.6 Å². The summed E-state index contributed by atoms with van der Waals surface area (Å²) in [4.78, 5) is 118. The highest BCUT2D eigenvalue weighted by atomic mass is 31.2.